The number of rotatable bonds is 4. The lowest BCUT2D eigenvalue weighted by Gasteiger charge is -2.04. The first-order chi connectivity index (χ1) is 10.6. The molecule has 0 bridgehead atoms. The molecule has 22 heavy (non-hydrogen) atoms. The van der Waals surface area contributed by atoms with Crippen molar-refractivity contribution in [3.05, 3.63) is 77.5 Å². The first-order valence-electron chi connectivity index (χ1n) is 7.53. The van der Waals surface area contributed by atoms with Crippen LogP contribution in [0.1, 0.15) is 41.3 Å². The second-order valence-electron chi connectivity index (χ2n) is 5.77. The number of aromatic amines is 1. The number of benzene rings is 2. The van der Waals surface area contributed by atoms with Crippen molar-refractivity contribution in [3.63, 3.8) is 0 Å². The summed E-state index contributed by atoms with van der Waals surface area (Å²) >= 11 is 0. The fourth-order valence-corrected chi connectivity index (χ4v) is 2.53. The summed E-state index contributed by atoms with van der Waals surface area (Å²) in [6.45, 7) is 4.34. The molecular weight excluding hydrogens is 270 g/mol. The molecule has 2 aromatic carbocycles. The maximum Gasteiger partial charge on any atom is 0.187 e. The van der Waals surface area contributed by atoms with E-state index in [2.05, 4.69) is 31.0 Å². The van der Waals surface area contributed by atoms with Crippen LogP contribution < -0.4 is 0 Å². The van der Waals surface area contributed by atoms with Gasteiger partial charge in [0.05, 0.1) is 0 Å². The molecule has 0 radical (unpaired) electrons. The van der Waals surface area contributed by atoms with Gasteiger partial charge < -0.3 is 4.98 Å². The minimum absolute atomic E-state index is 0.0189. The molecule has 0 saturated heterocycles. The van der Waals surface area contributed by atoms with Crippen LogP contribution in [-0.4, -0.2) is 10.8 Å². The average molecular weight is 289 g/mol. The third kappa shape index (κ3) is 2.86. The van der Waals surface area contributed by atoms with Gasteiger partial charge in [0.1, 0.15) is 0 Å². The van der Waals surface area contributed by atoms with E-state index in [1.807, 2.05) is 42.5 Å². The summed E-state index contributed by atoms with van der Waals surface area (Å²) in [5, 5.41) is 0.965. The van der Waals surface area contributed by atoms with Gasteiger partial charge >= 0.3 is 0 Å². The summed E-state index contributed by atoms with van der Waals surface area (Å²) in [6, 6.07) is 16.2. The first-order valence-corrected chi connectivity index (χ1v) is 7.53. The molecule has 2 nitrogen and oxygen atoms in total. The van der Waals surface area contributed by atoms with Gasteiger partial charge in [0.2, 0.25) is 0 Å². The highest BCUT2D eigenvalue weighted by Gasteiger charge is 2.08. The van der Waals surface area contributed by atoms with Crippen molar-refractivity contribution in [2.24, 2.45) is 0 Å². The summed E-state index contributed by atoms with van der Waals surface area (Å²) in [5.41, 5.74) is 4.05. The molecule has 0 spiro atoms. The lowest BCUT2D eigenvalue weighted by Crippen LogP contribution is -1.92. The highest BCUT2D eigenvalue weighted by molar-refractivity contribution is 6.14. The summed E-state index contributed by atoms with van der Waals surface area (Å²) in [5.74, 6) is 0.538. The number of ketones is 1. The molecule has 0 aliphatic rings. The Bertz CT molecular complexity index is 822. The Labute approximate surface area is 130 Å². The number of carbonyl (C=O) groups is 1. The third-order valence-electron chi connectivity index (χ3n) is 3.88. The van der Waals surface area contributed by atoms with E-state index in [4.69, 9.17) is 0 Å². The number of allylic oxidation sites excluding steroid dienone is 1. The molecule has 110 valence electrons. The Morgan fingerprint density at radius 3 is 2.50 bits per heavy atom. The quantitative estimate of drug-likeness (QED) is 0.520. The van der Waals surface area contributed by atoms with E-state index in [1.165, 1.54) is 5.56 Å². The molecule has 1 aromatic heterocycles. The zero-order valence-corrected chi connectivity index (χ0v) is 12.8. The van der Waals surface area contributed by atoms with E-state index in [0.29, 0.717) is 11.5 Å². The van der Waals surface area contributed by atoms with E-state index in [0.717, 1.165) is 16.5 Å². The van der Waals surface area contributed by atoms with E-state index in [1.54, 1.807) is 12.3 Å². The summed E-state index contributed by atoms with van der Waals surface area (Å²) in [4.78, 5) is 15.5. The number of fused-ring (bicyclic) bond motifs is 1. The molecule has 3 aromatic rings. The van der Waals surface area contributed by atoms with Crippen LogP contribution in [0.15, 0.2) is 60.8 Å². The summed E-state index contributed by atoms with van der Waals surface area (Å²) < 4.78 is 0. The minimum Gasteiger partial charge on any atom is -0.360 e. The fourth-order valence-electron chi connectivity index (χ4n) is 2.53. The van der Waals surface area contributed by atoms with Crippen LogP contribution in [0.4, 0.5) is 0 Å². The largest absolute Gasteiger partial charge is 0.360 e. The summed E-state index contributed by atoms with van der Waals surface area (Å²) in [7, 11) is 0. The minimum atomic E-state index is 0.0189. The highest BCUT2D eigenvalue weighted by atomic mass is 16.1. The Balaban J connectivity index is 1.81. The van der Waals surface area contributed by atoms with Crippen molar-refractivity contribution in [2.45, 2.75) is 19.8 Å². The van der Waals surface area contributed by atoms with Crippen LogP contribution in [0.25, 0.3) is 17.0 Å². The van der Waals surface area contributed by atoms with Crippen molar-refractivity contribution in [3.8, 4) is 0 Å². The molecule has 0 atom stereocenters. The molecule has 0 saturated carbocycles. The Morgan fingerprint density at radius 1 is 1.05 bits per heavy atom. The van der Waals surface area contributed by atoms with Crippen LogP contribution in [-0.2, 0) is 0 Å². The zero-order valence-electron chi connectivity index (χ0n) is 12.8. The van der Waals surface area contributed by atoms with Crippen molar-refractivity contribution in [2.75, 3.05) is 0 Å². The standard InChI is InChI=1S/C20H19NO/c1-14(2)16-10-7-15(8-11-16)9-12-20(22)18-13-21-19-6-4-3-5-17(18)19/h3-14,21H,1-2H3/b12-9+. The van der Waals surface area contributed by atoms with Crippen molar-refractivity contribution < 1.29 is 4.79 Å². The molecule has 1 N–H and O–H groups in total. The van der Waals surface area contributed by atoms with E-state index in [9.17, 15) is 4.79 Å². The van der Waals surface area contributed by atoms with Gasteiger partial charge in [0.15, 0.2) is 5.78 Å². The van der Waals surface area contributed by atoms with Gasteiger partial charge in [-0.1, -0.05) is 62.4 Å². The molecule has 3 rings (SSSR count). The van der Waals surface area contributed by atoms with E-state index < -0.39 is 0 Å². The predicted molar refractivity (Wildman–Crippen MR) is 92.2 cm³/mol. The highest BCUT2D eigenvalue weighted by Crippen LogP contribution is 2.19. The Hall–Kier alpha value is -2.61. The van der Waals surface area contributed by atoms with Gasteiger partial charge in [-0.25, -0.2) is 0 Å². The Morgan fingerprint density at radius 2 is 1.77 bits per heavy atom. The van der Waals surface area contributed by atoms with Gasteiger partial charge in [-0.2, -0.15) is 0 Å². The SMILES string of the molecule is CC(C)c1ccc(/C=C/C(=O)c2c[nH]c3ccccc23)cc1. The average Bonchev–Trinajstić information content (AvgIpc) is 2.97. The molecule has 0 fully saturated rings. The van der Waals surface area contributed by atoms with Crippen molar-refractivity contribution >= 4 is 22.8 Å². The zero-order chi connectivity index (χ0) is 15.5. The van der Waals surface area contributed by atoms with Crippen LogP contribution >= 0.6 is 0 Å². The van der Waals surface area contributed by atoms with Gasteiger partial charge in [-0.05, 0) is 29.2 Å². The van der Waals surface area contributed by atoms with Crippen LogP contribution in [0, 0.1) is 0 Å². The van der Waals surface area contributed by atoms with Gasteiger partial charge in [-0.15, -0.1) is 0 Å². The number of H-pyrrole nitrogens is 1. The number of hydrogen-bond donors (Lipinski definition) is 1. The maximum atomic E-state index is 12.4. The van der Waals surface area contributed by atoms with Crippen molar-refractivity contribution in [1.82, 2.24) is 4.98 Å². The predicted octanol–water partition coefficient (Wildman–Crippen LogP) is 5.19. The molecule has 0 amide bonds. The van der Waals surface area contributed by atoms with Crippen molar-refractivity contribution in [1.29, 1.82) is 0 Å². The second kappa shape index (κ2) is 6.02. The molecule has 1 heterocycles. The normalized spacial score (nSPS) is 11.6. The molecule has 0 unspecified atom stereocenters. The van der Waals surface area contributed by atoms with Gasteiger partial charge in [-0.3, -0.25) is 4.79 Å². The second-order valence-corrected chi connectivity index (χ2v) is 5.77. The number of nitrogens with one attached hydrogen (secondary N) is 1. The van der Waals surface area contributed by atoms with E-state index in [-0.39, 0.29) is 5.78 Å². The maximum absolute atomic E-state index is 12.4. The lowest BCUT2D eigenvalue weighted by atomic mass is 10.0. The van der Waals surface area contributed by atoms with E-state index >= 15 is 0 Å². The number of carbonyl (C=O) groups excluding carboxylic acids is 1. The number of para-hydroxylation sites is 1. The molecular formula is C20H19NO. The topological polar surface area (TPSA) is 32.9 Å². The smallest absolute Gasteiger partial charge is 0.187 e. The molecule has 2 heteroatoms. The van der Waals surface area contributed by atoms with Crippen LogP contribution in [0.3, 0.4) is 0 Å². The molecule has 0 aliphatic carbocycles. The fraction of sp³-hybridized carbons (Fsp3) is 0.150. The molecule has 0 aliphatic heterocycles. The monoisotopic (exact) mass is 289 g/mol. The summed E-state index contributed by atoms with van der Waals surface area (Å²) in [6.07, 6.45) is 5.29. The van der Waals surface area contributed by atoms with Crippen LogP contribution in [0.2, 0.25) is 0 Å². The third-order valence-corrected chi connectivity index (χ3v) is 3.88. The lowest BCUT2D eigenvalue weighted by molar-refractivity contribution is 0.104. The first kappa shape index (κ1) is 14.3. The van der Waals surface area contributed by atoms with Gasteiger partial charge in [0.25, 0.3) is 0 Å². The van der Waals surface area contributed by atoms with Gasteiger partial charge in [0, 0.05) is 22.7 Å². The number of hydrogen-bond acceptors (Lipinski definition) is 1. The number of aromatic nitrogens is 1. The van der Waals surface area contributed by atoms with Crippen LogP contribution in [0.5, 0.6) is 0 Å². The Kier molecular flexibility index (Phi) is 3.92.